The molecule has 0 aliphatic carbocycles. The highest BCUT2D eigenvalue weighted by atomic mass is 32.1. The van der Waals surface area contributed by atoms with Gasteiger partial charge in [0.25, 0.3) is 0 Å². The van der Waals surface area contributed by atoms with Crippen molar-refractivity contribution in [3.05, 3.63) is 88.6 Å². The van der Waals surface area contributed by atoms with Gasteiger partial charge < -0.3 is 9.84 Å². The molecule has 3 aromatic rings. The molecule has 0 saturated carbocycles. The predicted molar refractivity (Wildman–Crippen MR) is 102 cm³/mol. The van der Waals surface area contributed by atoms with E-state index in [9.17, 15) is 9.59 Å². The summed E-state index contributed by atoms with van der Waals surface area (Å²) in [5.41, 5.74) is 2.83. The number of carboxylic acids is 1. The van der Waals surface area contributed by atoms with E-state index in [1.165, 1.54) is 22.5 Å². The fourth-order valence-electron chi connectivity index (χ4n) is 2.18. The van der Waals surface area contributed by atoms with Crippen molar-refractivity contribution in [3.63, 3.8) is 0 Å². The number of carbonyl (C=O) groups excluding carboxylic acids is 1. The summed E-state index contributed by atoms with van der Waals surface area (Å²) in [6.45, 7) is 0. The van der Waals surface area contributed by atoms with Gasteiger partial charge in [-0.15, -0.1) is 11.3 Å². The number of esters is 1. The van der Waals surface area contributed by atoms with Crippen LogP contribution in [0.4, 0.5) is 0 Å². The molecule has 5 heteroatoms. The lowest BCUT2D eigenvalue weighted by molar-refractivity contribution is -0.145. The number of carboxylic acid groups (broad SMARTS) is 1. The Bertz CT molecular complexity index is 744. The smallest absolute Gasteiger partial charge is 0.322 e. The van der Waals surface area contributed by atoms with Crippen LogP contribution in [-0.2, 0) is 22.4 Å². The normalized spacial score (nSPS) is 9.69. The Hall–Kier alpha value is -2.92. The Labute approximate surface area is 156 Å². The molecule has 0 fully saturated rings. The number of carbonyl (C=O) groups is 2. The van der Waals surface area contributed by atoms with Crippen LogP contribution in [0.15, 0.2) is 77.5 Å². The maximum atomic E-state index is 10.7. The number of benzene rings is 2. The number of aryl methyl sites for hydroxylation is 2. The van der Waals surface area contributed by atoms with E-state index in [-0.39, 0.29) is 0 Å². The zero-order valence-corrected chi connectivity index (χ0v) is 15.0. The number of hydrogen-bond acceptors (Lipinski definition) is 4. The summed E-state index contributed by atoms with van der Waals surface area (Å²) in [6.07, 6.45) is 1.66. The van der Waals surface area contributed by atoms with Gasteiger partial charge >= 0.3 is 11.9 Å². The molecule has 4 nitrogen and oxygen atoms in total. The molecule has 3 rings (SSSR count). The van der Waals surface area contributed by atoms with Crippen molar-refractivity contribution in [2.24, 2.45) is 0 Å². The second-order valence-electron chi connectivity index (χ2n) is 5.47. The summed E-state index contributed by atoms with van der Waals surface area (Å²) in [7, 11) is 0. The van der Waals surface area contributed by atoms with Crippen LogP contribution in [0, 0.1) is 0 Å². The molecule has 1 heterocycles. The molecule has 0 saturated heterocycles. The van der Waals surface area contributed by atoms with E-state index < -0.39 is 18.4 Å². The summed E-state index contributed by atoms with van der Waals surface area (Å²) in [6, 6.07) is 22.8. The lowest BCUT2D eigenvalue weighted by Gasteiger charge is -2.01. The van der Waals surface area contributed by atoms with Crippen LogP contribution < -0.4 is 4.74 Å². The SMILES string of the molecule is O=C(O)CC(=O)Oc1ccsc1.c1ccc(CCc2ccccc2)cc1. The van der Waals surface area contributed by atoms with Crippen LogP contribution in [0.5, 0.6) is 5.75 Å². The molecule has 1 aromatic heterocycles. The van der Waals surface area contributed by atoms with Gasteiger partial charge in [-0.2, -0.15) is 0 Å². The Kier molecular flexibility index (Phi) is 8.09. The number of aliphatic carboxylic acids is 1. The average molecular weight is 368 g/mol. The van der Waals surface area contributed by atoms with Crippen LogP contribution in [0.3, 0.4) is 0 Å². The van der Waals surface area contributed by atoms with E-state index in [0.29, 0.717) is 5.75 Å². The molecule has 0 spiro atoms. The molecule has 0 amide bonds. The maximum Gasteiger partial charge on any atom is 0.322 e. The predicted octanol–water partition coefficient (Wildman–Crippen LogP) is 4.60. The third-order valence-electron chi connectivity index (χ3n) is 3.41. The van der Waals surface area contributed by atoms with Crippen molar-refractivity contribution in [1.82, 2.24) is 0 Å². The third kappa shape index (κ3) is 7.77. The van der Waals surface area contributed by atoms with Gasteiger partial charge in [-0.1, -0.05) is 60.7 Å². The van der Waals surface area contributed by atoms with E-state index in [0.717, 1.165) is 12.8 Å². The van der Waals surface area contributed by atoms with Crippen LogP contribution in [0.1, 0.15) is 17.5 Å². The Morgan fingerprint density at radius 2 is 1.38 bits per heavy atom. The minimum absolute atomic E-state index is 0.395. The van der Waals surface area contributed by atoms with Gasteiger partial charge in [0.2, 0.25) is 0 Å². The van der Waals surface area contributed by atoms with E-state index in [2.05, 4.69) is 65.4 Å². The fraction of sp³-hybridized carbons (Fsp3) is 0.143. The van der Waals surface area contributed by atoms with Gasteiger partial charge in [-0.3, -0.25) is 9.59 Å². The number of hydrogen-bond donors (Lipinski definition) is 1. The van der Waals surface area contributed by atoms with Crippen LogP contribution in [0.25, 0.3) is 0 Å². The van der Waals surface area contributed by atoms with Crippen LogP contribution in [0.2, 0.25) is 0 Å². The second-order valence-corrected chi connectivity index (χ2v) is 6.25. The first kappa shape index (κ1) is 19.4. The molecule has 0 aliphatic heterocycles. The average Bonchev–Trinajstić information content (AvgIpc) is 3.14. The molecule has 0 radical (unpaired) electrons. The number of thiophene rings is 1. The maximum absolute atomic E-state index is 10.7. The Morgan fingerprint density at radius 3 is 1.81 bits per heavy atom. The van der Waals surface area contributed by atoms with E-state index in [1.54, 1.807) is 16.8 Å². The van der Waals surface area contributed by atoms with E-state index >= 15 is 0 Å². The van der Waals surface area contributed by atoms with E-state index in [1.807, 2.05) is 0 Å². The molecule has 0 unspecified atom stereocenters. The van der Waals surface area contributed by atoms with Crippen LogP contribution >= 0.6 is 11.3 Å². The van der Waals surface area contributed by atoms with E-state index in [4.69, 9.17) is 5.11 Å². The highest BCUT2D eigenvalue weighted by Gasteiger charge is 2.09. The molecule has 0 aliphatic rings. The molecule has 134 valence electrons. The summed E-state index contributed by atoms with van der Waals surface area (Å²) < 4.78 is 4.66. The summed E-state index contributed by atoms with van der Waals surface area (Å²) >= 11 is 1.38. The summed E-state index contributed by atoms with van der Waals surface area (Å²) in [4.78, 5) is 20.8. The minimum atomic E-state index is -1.18. The largest absolute Gasteiger partial charge is 0.481 e. The van der Waals surface area contributed by atoms with Gasteiger partial charge in [0, 0.05) is 5.38 Å². The zero-order valence-electron chi connectivity index (χ0n) is 14.2. The lowest BCUT2D eigenvalue weighted by atomic mass is 10.0. The van der Waals surface area contributed by atoms with Crippen molar-refractivity contribution in [2.75, 3.05) is 0 Å². The fourth-order valence-corrected chi connectivity index (χ4v) is 2.73. The standard InChI is InChI=1S/C14H14.C7H6O4S/c1-3-7-13(8-4-1)11-12-14-9-5-2-6-10-14;8-6(9)3-7(10)11-5-1-2-12-4-5/h1-10H,11-12H2;1-2,4H,3H2,(H,8,9). The van der Waals surface area contributed by atoms with Crippen molar-refractivity contribution < 1.29 is 19.4 Å². The molecule has 0 bridgehead atoms. The molecular weight excluding hydrogens is 348 g/mol. The van der Waals surface area contributed by atoms with Gasteiger partial charge in [0.15, 0.2) is 0 Å². The molecule has 1 N–H and O–H groups in total. The van der Waals surface area contributed by atoms with Gasteiger partial charge in [0.1, 0.15) is 12.2 Å². The monoisotopic (exact) mass is 368 g/mol. The topological polar surface area (TPSA) is 63.6 Å². The van der Waals surface area contributed by atoms with Crippen molar-refractivity contribution in [2.45, 2.75) is 19.3 Å². The van der Waals surface area contributed by atoms with Gasteiger partial charge in [0.05, 0.1) is 0 Å². The summed E-state index contributed by atoms with van der Waals surface area (Å²) in [5, 5.41) is 11.6. The molecule has 26 heavy (non-hydrogen) atoms. The van der Waals surface area contributed by atoms with Gasteiger partial charge in [-0.25, -0.2) is 0 Å². The van der Waals surface area contributed by atoms with Crippen molar-refractivity contribution >= 4 is 23.3 Å². The van der Waals surface area contributed by atoms with Gasteiger partial charge in [-0.05, 0) is 35.4 Å². The first-order chi connectivity index (χ1) is 12.6. The highest BCUT2D eigenvalue weighted by Crippen LogP contribution is 2.15. The molecular formula is C21H20O4S. The minimum Gasteiger partial charge on any atom is -0.481 e. The first-order valence-electron chi connectivity index (χ1n) is 8.16. The molecule has 2 aromatic carbocycles. The Balaban J connectivity index is 0.000000190. The second kappa shape index (κ2) is 10.8. The quantitative estimate of drug-likeness (QED) is 0.510. The lowest BCUT2D eigenvalue weighted by Crippen LogP contribution is -2.12. The Morgan fingerprint density at radius 1 is 0.846 bits per heavy atom. The highest BCUT2D eigenvalue weighted by molar-refractivity contribution is 7.08. The number of ether oxygens (including phenoxy) is 1. The third-order valence-corrected chi connectivity index (χ3v) is 4.07. The van der Waals surface area contributed by atoms with Crippen molar-refractivity contribution in [3.8, 4) is 5.75 Å². The van der Waals surface area contributed by atoms with Crippen molar-refractivity contribution in [1.29, 1.82) is 0 Å². The summed E-state index contributed by atoms with van der Waals surface area (Å²) in [5.74, 6) is -1.54. The molecule has 0 atom stereocenters. The number of rotatable bonds is 6. The zero-order chi connectivity index (χ0) is 18.6. The van der Waals surface area contributed by atoms with Crippen LogP contribution in [-0.4, -0.2) is 17.0 Å². The first-order valence-corrected chi connectivity index (χ1v) is 9.10.